The maximum absolute atomic E-state index is 12.9. The maximum Gasteiger partial charge on any atom is 0.283 e. The second-order valence-corrected chi connectivity index (χ2v) is 7.53. The minimum atomic E-state index is -0.133. The third-order valence-corrected chi connectivity index (χ3v) is 5.05. The molecule has 0 saturated heterocycles. The van der Waals surface area contributed by atoms with Gasteiger partial charge in [0.1, 0.15) is 5.76 Å². The van der Waals surface area contributed by atoms with E-state index in [1.54, 1.807) is 23.1 Å². The molecule has 0 aliphatic heterocycles. The molecule has 0 aromatic carbocycles. The third kappa shape index (κ3) is 4.41. The van der Waals surface area contributed by atoms with E-state index in [1.807, 2.05) is 50.5 Å². The number of rotatable bonds is 8. The van der Waals surface area contributed by atoms with Gasteiger partial charge in [-0.1, -0.05) is 12.1 Å². The largest absolute Gasteiger partial charge is 0.459 e. The fraction of sp³-hybridized carbons (Fsp3) is 0.304. The van der Waals surface area contributed by atoms with Gasteiger partial charge in [0.15, 0.2) is 11.6 Å². The maximum atomic E-state index is 12.9. The number of hydrogen-bond donors (Lipinski definition) is 0. The number of carbonyl (C=O) groups excluding carboxylic acids is 1. The zero-order valence-corrected chi connectivity index (χ0v) is 18.5. The molecule has 0 N–H and O–H groups in total. The van der Waals surface area contributed by atoms with E-state index in [-0.39, 0.29) is 12.5 Å². The van der Waals surface area contributed by atoms with E-state index < -0.39 is 0 Å². The first-order chi connectivity index (χ1) is 15.5. The summed E-state index contributed by atoms with van der Waals surface area (Å²) in [7, 11) is 0. The van der Waals surface area contributed by atoms with Crippen LogP contribution in [0.4, 0.5) is 0 Å². The van der Waals surface area contributed by atoms with Gasteiger partial charge in [-0.3, -0.25) is 9.36 Å². The van der Waals surface area contributed by atoms with Crippen molar-refractivity contribution in [3.8, 4) is 17.5 Å². The van der Waals surface area contributed by atoms with Crippen LogP contribution in [0.3, 0.4) is 0 Å². The Hall–Kier alpha value is -3.88. The van der Waals surface area contributed by atoms with Crippen molar-refractivity contribution in [2.45, 2.75) is 40.7 Å². The lowest BCUT2D eigenvalue weighted by Gasteiger charge is -2.18. The van der Waals surface area contributed by atoms with Crippen molar-refractivity contribution in [1.82, 2.24) is 24.8 Å². The number of amides is 1. The molecule has 0 unspecified atom stereocenters. The van der Waals surface area contributed by atoms with Gasteiger partial charge in [0.05, 0.1) is 12.8 Å². The van der Waals surface area contributed by atoms with Gasteiger partial charge in [-0.25, -0.2) is 0 Å². The molecule has 166 valence electrons. The second-order valence-electron chi connectivity index (χ2n) is 7.53. The Morgan fingerprint density at radius 2 is 2.06 bits per heavy atom. The summed E-state index contributed by atoms with van der Waals surface area (Å²) in [5, 5.41) is 12.1. The number of aromatic nitrogens is 4. The summed E-state index contributed by atoms with van der Waals surface area (Å²) in [6.45, 7) is 8.64. The van der Waals surface area contributed by atoms with Crippen LogP contribution in [-0.4, -0.2) is 37.3 Å². The van der Waals surface area contributed by atoms with E-state index in [2.05, 4.69) is 15.4 Å². The van der Waals surface area contributed by atoms with E-state index in [1.165, 1.54) is 6.26 Å². The van der Waals surface area contributed by atoms with Crippen LogP contribution < -0.4 is 0 Å². The van der Waals surface area contributed by atoms with Crippen molar-refractivity contribution >= 4 is 12.0 Å². The molecule has 0 aliphatic rings. The molecule has 9 heteroatoms. The molecule has 1 amide bonds. The van der Waals surface area contributed by atoms with Gasteiger partial charge in [-0.15, -0.1) is 10.2 Å². The van der Waals surface area contributed by atoms with E-state index in [0.29, 0.717) is 24.1 Å². The van der Waals surface area contributed by atoms with Gasteiger partial charge in [-0.05, 0) is 57.0 Å². The molecular formula is C23H25N5O4. The second kappa shape index (κ2) is 9.09. The Bertz CT molecular complexity index is 1230. The molecule has 9 nitrogen and oxygen atoms in total. The minimum absolute atomic E-state index is 0.133. The lowest BCUT2D eigenvalue weighted by molar-refractivity contribution is -0.126. The predicted molar refractivity (Wildman–Crippen MR) is 117 cm³/mol. The van der Waals surface area contributed by atoms with Crippen LogP contribution in [0.1, 0.15) is 41.9 Å². The zero-order chi connectivity index (χ0) is 22.7. The molecule has 0 atom stereocenters. The fourth-order valence-corrected chi connectivity index (χ4v) is 3.55. The highest BCUT2D eigenvalue weighted by atomic mass is 16.5. The Kier molecular flexibility index (Phi) is 6.07. The molecule has 0 radical (unpaired) electrons. The van der Waals surface area contributed by atoms with E-state index >= 15 is 0 Å². The quantitative estimate of drug-likeness (QED) is 0.376. The Morgan fingerprint density at radius 3 is 2.75 bits per heavy atom. The van der Waals surface area contributed by atoms with E-state index in [4.69, 9.17) is 13.4 Å². The van der Waals surface area contributed by atoms with Crippen LogP contribution in [0.15, 0.2) is 50.0 Å². The molecule has 4 heterocycles. The molecule has 0 aliphatic carbocycles. The average molecular weight is 435 g/mol. The summed E-state index contributed by atoms with van der Waals surface area (Å²) in [4.78, 5) is 14.6. The summed E-state index contributed by atoms with van der Waals surface area (Å²) >= 11 is 0. The Balaban J connectivity index is 1.50. The summed E-state index contributed by atoms with van der Waals surface area (Å²) in [5.74, 6) is 2.47. The highest BCUT2D eigenvalue weighted by Crippen LogP contribution is 2.22. The summed E-state index contributed by atoms with van der Waals surface area (Å²) in [6, 6.07) is 7.38. The monoisotopic (exact) mass is 435 g/mol. The summed E-state index contributed by atoms with van der Waals surface area (Å²) < 4.78 is 18.1. The van der Waals surface area contributed by atoms with Crippen LogP contribution in [0.2, 0.25) is 0 Å². The molecule has 0 spiro atoms. The molecular weight excluding hydrogens is 410 g/mol. The average Bonchev–Trinajstić information content (AvgIpc) is 3.55. The van der Waals surface area contributed by atoms with Gasteiger partial charge < -0.3 is 18.3 Å². The van der Waals surface area contributed by atoms with Gasteiger partial charge in [-0.2, -0.15) is 0 Å². The number of furan rings is 1. The number of hydrogen-bond acceptors (Lipinski definition) is 7. The lowest BCUT2D eigenvalue weighted by atomic mass is 10.2. The van der Waals surface area contributed by atoms with E-state index in [0.717, 1.165) is 35.0 Å². The van der Waals surface area contributed by atoms with Gasteiger partial charge in [0, 0.05) is 30.1 Å². The number of nitrogens with zero attached hydrogens (tertiary/aromatic N) is 5. The van der Waals surface area contributed by atoms with Crippen LogP contribution in [0.5, 0.6) is 0 Å². The van der Waals surface area contributed by atoms with Gasteiger partial charge >= 0.3 is 0 Å². The van der Waals surface area contributed by atoms with Crippen LogP contribution >= 0.6 is 0 Å². The van der Waals surface area contributed by atoms with Gasteiger partial charge in [0.25, 0.3) is 5.89 Å². The first-order valence-corrected chi connectivity index (χ1v) is 10.4. The number of carbonyl (C=O) groups is 1. The first kappa shape index (κ1) is 21.4. The number of aryl methyl sites for hydroxylation is 2. The Morgan fingerprint density at radius 1 is 1.22 bits per heavy atom. The zero-order valence-electron chi connectivity index (χ0n) is 18.5. The molecule has 4 aromatic heterocycles. The highest BCUT2D eigenvalue weighted by Gasteiger charge is 2.17. The molecule has 0 saturated carbocycles. The normalized spacial score (nSPS) is 11.5. The minimum Gasteiger partial charge on any atom is -0.459 e. The molecule has 32 heavy (non-hydrogen) atoms. The van der Waals surface area contributed by atoms with Crippen molar-refractivity contribution < 1.29 is 18.2 Å². The highest BCUT2D eigenvalue weighted by molar-refractivity contribution is 5.92. The van der Waals surface area contributed by atoms with E-state index in [9.17, 15) is 4.79 Å². The fourth-order valence-electron chi connectivity index (χ4n) is 3.55. The van der Waals surface area contributed by atoms with Crippen molar-refractivity contribution in [3.05, 3.63) is 65.2 Å². The molecule has 0 bridgehead atoms. The van der Waals surface area contributed by atoms with Crippen LogP contribution in [0.25, 0.3) is 23.5 Å². The predicted octanol–water partition coefficient (Wildman–Crippen LogP) is 4.49. The van der Waals surface area contributed by atoms with Crippen molar-refractivity contribution in [2.24, 2.45) is 0 Å². The lowest BCUT2D eigenvalue weighted by Crippen LogP contribution is -2.29. The standard InChI is InChI=1S/C23H25N5O4/c1-5-10-27(14-21-24-25-23(31-21)19-7-6-11-30-19)22(29)9-8-18-12-15(2)28(17(18)4)20-13-16(3)32-26-20/h6-9,11-13H,5,10,14H2,1-4H3. The molecule has 4 rings (SSSR count). The molecule has 0 fully saturated rings. The molecule has 4 aromatic rings. The third-order valence-electron chi connectivity index (χ3n) is 5.05. The van der Waals surface area contributed by atoms with Crippen molar-refractivity contribution in [1.29, 1.82) is 0 Å². The van der Waals surface area contributed by atoms with Crippen molar-refractivity contribution in [3.63, 3.8) is 0 Å². The van der Waals surface area contributed by atoms with Crippen molar-refractivity contribution in [2.75, 3.05) is 6.54 Å². The first-order valence-electron chi connectivity index (χ1n) is 10.4. The SMILES string of the molecule is CCCN(Cc1nnc(-c2ccco2)o1)C(=O)C=Cc1cc(C)n(-c2cc(C)on2)c1C. The summed E-state index contributed by atoms with van der Waals surface area (Å²) in [5.41, 5.74) is 2.91. The summed E-state index contributed by atoms with van der Waals surface area (Å²) in [6.07, 6.45) is 5.73. The topological polar surface area (TPSA) is 103 Å². The van der Waals surface area contributed by atoms with Crippen LogP contribution in [0, 0.1) is 20.8 Å². The van der Waals surface area contributed by atoms with Crippen LogP contribution in [-0.2, 0) is 11.3 Å². The smallest absolute Gasteiger partial charge is 0.283 e. The van der Waals surface area contributed by atoms with Gasteiger partial charge in [0.2, 0.25) is 11.8 Å². The Labute approximate surface area is 185 Å².